The summed E-state index contributed by atoms with van der Waals surface area (Å²) in [5.74, 6) is 0.732. The Labute approximate surface area is 121 Å². The number of pyridine rings is 1. The summed E-state index contributed by atoms with van der Waals surface area (Å²) in [6, 6.07) is 11.4. The molecule has 0 fully saturated rings. The number of carbonyl (C=O) groups excluding carboxylic acids is 1. The van der Waals surface area contributed by atoms with Gasteiger partial charge >= 0.3 is 0 Å². The molecule has 1 aliphatic rings. The highest BCUT2D eigenvalue weighted by atomic mass is 32.1. The van der Waals surface area contributed by atoms with Crippen LogP contribution in [0.15, 0.2) is 42.6 Å². The number of aromatic nitrogens is 1. The lowest BCUT2D eigenvalue weighted by molar-refractivity contribution is 0.0932. The number of fused-ring (bicyclic) bond motifs is 1. The predicted molar refractivity (Wildman–Crippen MR) is 78.5 cm³/mol. The maximum atomic E-state index is 12.0. The van der Waals surface area contributed by atoms with Gasteiger partial charge < -0.3 is 15.0 Å². The zero-order valence-corrected chi connectivity index (χ0v) is 11.6. The van der Waals surface area contributed by atoms with E-state index in [2.05, 4.69) is 10.3 Å². The molecule has 4 nitrogen and oxygen atoms in total. The fourth-order valence-corrected chi connectivity index (χ4v) is 2.50. The lowest BCUT2D eigenvalue weighted by Crippen LogP contribution is -2.34. The van der Waals surface area contributed by atoms with Crippen LogP contribution in [0.25, 0.3) is 0 Å². The molecule has 0 aliphatic carbocycles. The van der Waals surface area contributed by atoms with Gasteiger partial charge in [-0.1, -0.05) is 30.4 Å². The van der Waals surface area contributed by atoms with Crippen LogP contribution in [0.2, 0.25) is 0 Å². The van der Waals surface area contributed by atoms with E-state index >= 15 is 0 Å². The van der Waals surface area contributed by atoms with Crippen molar-refractivity contribution in [3.05, 3.63) is 58.4 Å². The van der Waals surface area contributed by atoms with E-state index in [1.54, 1.807) is 18.3 Å². The lowest BCUT2D eigenvalue weighted by Gasteiger charge is -2.11. The van der Waals surface area contributed by atoms with Crippen molar-refractivity contribution in [2.45, 2.75) is 12.5 Å². The summed E-state index contributed by atoms with van der Waals surface area (Å²) in [4.78, 5) is 14.9. The third-order valence-electron chi connectivity index (χ3n) is 3.27. The number of ether oxygens (including phenoxy) is 1. The smallest absolute Gasteiger partial charge is 0.254 e. The molecule has 0 saturated heterocycles. The zero-order chi connectivity index (χ0) is 13.9. The Bertz CT molecular complexity index is 671. The second-order valence-corrected chi connectivity index (χ2v) is 5.08. The van der Waals surface area contributed by atoms with Crippen LogP contribution in [0.1, 0.15) is 15.9 Å². The third kappa shape index (κ3) is 2.58. The SMILES string of the molecule is O=C(NCC1Cc2ccccc2O1)c1ccc[nH]c1=S. The number of H-pyrrole nitrogens is 1. The Morgan fingerprint density at radius 2 is 2.20 bits per heavy atom. The number of para-hydroxylation sites is 1. The van der Waals surface area contributed by atoms with E-state index in [9.17, 15) is 4.79 Å². The van der Waals surface area contributed by atoms with Crippen LogP contribution in [-0.4, -0.2) is 23.5 Å². The molecular weight excluding hydrogens is 272 g/mol. The van der Waals surface area contributed by atoms with Crippen LogP contribution in [-0.2, 0) is 6.42 Å². The van der Waals surface area contributed by atoms with Gasteiger partial charge in [-0.05, 0) is 23.8 Å². The molecule has 0 spiro atoms. The van der Waals surface area contributed by atoms with Gasteiger partial charge in [0.2, 0.25) is 0 Å². The van der Waals surface area contributed by atoms with Crippen molar-refractivity contribution in [1.29, 1.82) is 0 Å². The fraction of sp³-hybridized carbons (Fsp3) is 0.200. The van der Waals surface area contributed by atoms with Crippen molar-refractivity contribution in [1.82, 2.24) is 10.3 Å². The largest absolute Gasteiger partial charge is 0.488 e. The first-order valence-electron chi connectivity index (χ1n) is 6.44. The topological polar surface area (TPSA) is 54.1 Å². The van der Waals surface area contributed by atoms with E-state index in [-0.39, 0.29) is 12.0 Å². The van der Waals surface area contributed by atoms with Crippen LogP contribution >= 0.6 is 12.2 Å². The van der Waals surface area contributed by atoms with Crippen LogP contribution in [0, 0.1) is 4.64 Å². The summed E-state index contributed by atoms with van der Waals surface area (Å²) >= 11 is 5.09. The zero-order valence-electron chi connectivity index (χ0n) is 10.8. The van der Waals surface area contributed by atoms with Gasteiger partial charge in [-0.25, -0.2) is 0 Å². The molecule has 102 valence electrons. The number of hydrogen-bond acceptors (Lipinski definition) is 3. The number of hydrogen-bond donors (Lipinski definition) is 2. The lowest BCUT2D eigenvalue weighted by atomic mass is 10.1. The first kappa shape index (κ1) is 12.9. The normalized spacial score (nSPS) is 16.3. The maximum Gasteiger partial charge on any atom is 0.254 e. The molecule has 0 saturated carbocycles. The highest BCUT2D eigenvalue weighted by molar-refractivity contribution is 7.71. The molecular formula is C15H14N2O2S. The molecule has 0 bridgehead atoms. The molecule has 5 heteroatoms. The Morgan fingerprint density at radius 3 is 3.00 bits per heavy atom. The van der Waals surface area contributed by atoms with E-state index in [0.717, 1.165) is 12.2 Å². The number of carbonyl (C=O) groups is 1. The monoisotopic (exact) mass is 286 g/mol. The van der Waals surface area contributed by atoms with Crippen molar-refractivity contribution >= 4 is 18.1 Å². The van der Waals surface area contributed by atoms with E-state index in [1.807, 2.05) is 24.3 Å². The van der Waals surface area contributed by atoms with Crippen molar-refractivity contribution in [3.8, 4) is 5.75 Å². The van der Waals surface area contributed by atoms with Crippen molar-refractivity contribution < 1.29 is 9.53 Å². The molecule has 1 aliphatic heterocycles. The number of aromatic amines is 1. The van der Waals surface area contributed by atoms with Gasteiger partial charge in [-0.2, -0.15) is 0 Å². The standard InChI is InChI=1S/C15H14N2O2S/c18-14(12-5-3-7-16-15(12)20)17-9-11-8-10-4-1-2-6-13(10)19-11/h1-7,11H,8-9H2,(H,16,20)(H,17,18). The quantitative estimate of drug-likeness (QED) is 0.852. The summed E-state index contributed by atoms with van der Waals surface area (Å²) in [6.07, 6.45) is 2.51. The second kappa shape index (κ2) is 5.46. The van der Waals surface area contributed by atoms with Gasteiger partial charge in [-0.3, -0.25) is 4.79 Å². The number of nitrogens with one attached hydrogen (secondary N) is 2. The van der Waals surface area contributed by atoms with Crippen molar-refractivity contribution in [2.75, 3.05) is 6.54 Å². The van der Waals surface area contributed by atoms with E-state index in [4.69, 9.17) is 17.0 Å². The Morgan fingerprint density at radius 1 is 1.35 bits per heavy atom. The Hall–Kier alpha value is -2.14. The fourth-order valence-electron chi connectivity index (χ4n) is 2.27. The highest BCUT2D eigenvalue weighted by Gasteiger charge is 2.22. The molecule has 1 aromatic carbocycles. The average molecular weight is 286 g/mol. The molecule has 1 aromatic heterocycles. The minimum Gasteiger partial charge on any atom is -0.488 e. The van der Waals surface area contributed by atoms with Gasteiger partial charge in [0.1, 0.15) is 16.5 Å². The minimum atomic E-state index is -0.175. The van der Waals surface area contributed by atoms with Gasteiger partial charge in [0.15, 0.2) is 0 Å². The van der Waals surface area contributed by atoms with Crippen LogP contribution in [0.3, 0.4) is 0 Å². The van der Waals surface area contributed by atoms with E-state index in [1.165, 1.54) is 5.56 Å². The molecule has 1 amide bonds. The first-order valence-corrected chi connectivity index (χ1v) is 6.85. The molecule has 2 heterocycles. The Kier molecular flexibility index (Phi) is 3.52. The van der Waals surface area contributed by atoms with Gasteiger partial charge in [0.25, 0.3) is 5.91 Å². The molecule has 1 unspecified atom stereocenters. The van der Waals surface area contributed by atoms with Gasteiger partial charge in [-0.15, -0.1) is 0 Å². The van der Waals surface area contributed by atoms with Crippen molar-refractivity contribution in [3.63, 3.8) is 0 Å². The molecule has 2 aromatic rings. The number of benzene rings is 1. The molecule has 0 radical (unpaired) electrons. The number of rotatable bonds is 3. The highest BCUT2D eigenvalue weighted by Crippen LogP contribution is 2.27. The molecule has 3 rings (SSSR count). The molecule has 1 atom stereocenters. The number of amides is 1. The molecule has 2 N–H and O–H groups in total. The van der Waals surface area contributed by atoms with Crippen molar-refractivity contribution in [2.24, 2.45) is 0 Å². The minimum absolute atomic E-state index is 0.0161. The van der Waals surface area contributed by atoms with Crippen LogP contribution < -0.4 is 10.1 Å². The maximum absolute atomic E-state index is 12.0. The summed E-state index contributed by atoms with van der Waals surface area (Å²) in [6.45, 7) is 0.469. The van der Waals surface area contributed by atoms with Crippen LogP contribution in [0.4, 0.5) is 0 Å². The average Bonchev–Trinajstić information content (AvgIpc) is 2.88. The summed E-state index contributed by atoms with van der Waals surface area (Å²) in [7, 11) is 0. The van der Waals surface area contributed by atoms with Crippen LogP contribution in [0.5, 0.6) is 5.75 Å². The van der Waals surface area contributed by atoms with Gasteiger partial charge in [0.05, 0.1) is 12.1 Å². The summed E-state index contributed by atoms with van der Waals surface area (Å²) in [5.41, 5.74) is 1.67. The summed E-state index contributed by atoms with van der Waals surface area (Å²) in [5, 5.41) is 2.87. The van der Waals surface area contributed by atoms with Gasteiger partial charge in [0, 0.05) is 12.6 Å². The van der Waals surface area contributed by atoms with E-state index in [0.29, 0.717) is 16.7 Å². The second-order valence-electron chi connectivity index (χ2n) is 4.67. The third-order valence-corrected chi connectivity index (χ3v) is 3.60. The Balaban J connectivity index is 1.61. The van der Waals surface area contributed by atoms with E-state index < -0.39 is 0 Å². The summed E-state index contributed by atoms with van der Waals surface area (Å²) < 4.78 is 6.22. The molecule has 20 heavy (non-hydrogen) atoms. The first-order chi connectivity index (χ1) is 9.74. The predicted octanol–water partition coefficient (Wildman–Crippen LogP) is 2.48.